The van der Waals surface area contributed by atoms with E-state index in [0.717, 1.165) is 25.7 Å². The number of carbonyl (C=O) groups is 1. The molecule has 2 rings (SSSR count). The maximum Gasteiger partial charge on any atom is 0.339 e. The first kappa shape index (κ1) is 15.1. The molecule has 1 heterocycles. The van der Waals surface area contributed by atoms with Gasteiger partial charge in [0.15, 0.2) is 0 Å². The van der Waals surface area contributed by atoms with Crippen molar-refractivity contribution in [3.05, 3.63) is 23.7 Å². The highest BCUT2D eigenvalue weighted by molar-refractivity contribution is 5.88. The Morgan fingerprint density at radius 1 is 1.30 bits per heavy atom. The van der Waals surface area contributed by atoms with E-state index in [0.29, 0.717) is 11.3 Å². The van der Waals surface area contributed by atoms with Crippen molar-refractivity contribution in [1.29, 1.82) is 0 Å². The fraction of sp³-hybridized carbons (Fsp3) is 0.688. The van der Waals surface area contributed by atoms with Crippen LogP contribution in [-0.2, 0) is 0 Å². The average molecular weight is 280 g/mol. The molecule has 2 N–H and O–H groups in total. The van der Waals surface area contributed by atoms with E-state index in [4.69, 9.17) is 9.52 Å². The summed E-state index contributed by atoms with van der Waals surface area (Å²) in [4.78, 5) is 11.1. The maximum absolute atomic E-state index is 11.1. The Morgan fingerprint density at radius 3 is 2.40 bits per heavy atom. The third-order valence-electron chi connectivity index (χ3n) is 4.64. The average Bonchev–Trinajstić information content (AvgIpc) is 2.86. The topological polar surface area (TPSA) is 70.7 Å². The first-order valence-corrected chi connectivity index (χ1v) is 7.29. The van der Waals surface area contributed by atoms with Crippen molar-refractivity contribution in [3.63, 3.8) is 0 Å². The van der Waals surface area contributed by atoms with Gasteiger partial charge in [-0.2, -0.15) is 0 Å². The highest BCUT2D eigenvalue weighted by Gasteiger charge is 2.35. The molecule has 1 fully saturated rings. The molecule has 0 saturated heterocycles. The predicted octanol–water partition coefficient (Wildman–Crippen LogP) is 3.86. The second-order valence-electron chi connectivity index (χ2n) is 6.93. The number of furan rings is 1. The molecular formula is C16H24O4. The van der Waals surface area contributed by atoms with Gasteiger partial charge in [-0.25, -0.2) is 4.79 Å². The summed E-state index contributed by atoms with van der Waals surface area (Å²) in [6, 6.07) is 1.40. The van der Waals surface area contributed by atoms with Gasteiger partial charge >= 0.3 is 5.97 Å². The quantitative estimate of drug-likeness (QED) is 0.881. The molecular weight excluding hydrogens is 256 g/mol. The summed E-state index contributed by atoms with van der Waals surface area (Å²) >= 11 is 0. The summed E-state index contributed by atoms with van der Waals surface area (Å²) in [7, 11) is 0. The molecule has 0 bridgehead atoms. The fourth-order valence-corrected chi connectivity index (χ4v) is 3.24. The standard InChI is InChI=1S/C16H24O4/c1-16(2,3)11-6-4-10(5-7-11)13(17)14-12(15(18)19)8-9-20-14/h8-11,13,17H,4-7H2,1-3H3,(H,18,19). The van der Waals surface area contributed by atoms with Gasteiger partial charge in [-0.05, 0) is 49.0 Å². The molecule has 112 valence electrons. The van der Waals surface area contributed by atoms with Gasteiger partial charge < -0.3 is 14.6 Å². The van der Waals surface area contributed by atoms with Crippen LogP contribution in [0.5, 0.6) is 0 Å². The zero-order valence-electron chi connectivity index (χ0n) is 12.4. The van der Waals surface area contributed by atoms with E-state index in [9.17, 15) is 9.90 Å². The lowest BCUT2D eigenvalue weighted by atomic mass is 9.68. The zero-order valence-corrected chi connectivity index (χ0v) is 12.4. The molecule has 0 amide bonds. The Hall–Kier alpha value is -1.29. The molecule has 0 aliphatic heterocycles. The number of aliphatic hydroxyl groups excluding tert-OH is 1. The molecule has 0 spiro atoms. The molecule has 1 saturated carbocycles. The fourth-order valence-electron chi connectivity index (χ4n) is 3.24. The number of aliphatic hydroxyl groups is 1. The Bertz CT molecular complexity index is 461. The summed E-state index contributed by atoms with van der Waals surface area (Å²) in [5.74, 6) is -0.0766. The van der Waals surface area contributed by atoms with Crippen LogP contribution >= 0.6 is 0 Å². The van der Waals surface area contributed by atoms with Gasteiger partial charge in [-0.15, -0.1) is 0 Å². The second kappa shape index (κ2) is 5.60. The minimum atomic E-state index is -1.05. The van der Waals surface area contributed by atoms with Crippen molar-refractivity contribution in [2.45, 2.75) is 52.6 Å². The van der Waals surface area contributed by atoms with E-state index in [2.05, 4.69) is 20.8 Å². The molecule has 0 radical (unpaired) electrons. The SMILES string of the molecule is CC(C)(C)C1CCC(C(O)c2occc2C(=O)O)CC1. The molecule has 0 aromatic carbocycles. The first-order chi connectivity index (χ1) is 9.30. The second-order valence-corrected chi connectivity index (χ2v) is 6.93. The maximum atomic E-state index is 11.1. The molecule has 1 aromatic heterocycles. The minimum absolute atomic E-state index is 0.0791. The summed E-state index contributed by atoms with van der Waals surface area (Å²) in [5.41, 5.74) is 0.378. The van der Waals surface area contributed by atoms with Gasteiger partial charge in [0.25, 0.3) is 0 Å². The summed E-state index contributed by atoms with van der Waals surface area (Å²) < 4.78 is 5.20. The van der Waals surface area contributed by atoms with Crippen molar-refractivity contribution in [2.24, 2.45) is 17.3 Å². The molecule has 4 heteroatoms. The van der Waals surface area contributed by atoms with E-state index in [1.165, 1.54) is 12.3 Å². The third kappa shape index (κ3) is 3.06. The lowest BCUT2D eigenvalue weighted by Gasteiger charge is -2.38. The molecule has 1 atom stereocenters. The molecule has 4 nitrogen and oxygen atoms in total. The third-order valence-corrected chi connectivity index (χ3v) is 4.64. The smallest absolute Gasteiger partial charge is 0.339 e. The van der Waals surface area contributed by atoms with Crippen LogP contribution in [0.4, 0.5) is 0 Å². The molecule has 20 heavy (non-hydrogen) atoms. The van der Waals surface area contributed by atoms with E-state index < -0.39 is 12.1 Å². The Balaban J connectivity index is 2.03. The van der Waals surface area contributed by atoms with Gasteiger partial charge in [0.05, 0.1) is 6.26 Å². The lowest BCUT2D eigenvalue weighted by Crippen LogP contribution is -2.28. The van der Waals surface area contributed by atoms with Crippen LogP contribution in [0, 0.1) is 17.3 Å². The highest BCUT2D eigenvalue weighted by Crippen LogP contribution is 2.43. The monoisotopic (exact) mass is 280 g/mol. The molecule has 1 aromatic rings. The van der Waals surface area contributed by atoms with Crippen molar-refractivity contribution in [2.75, 3.05) is 0 Å². The largest absolute Gasteiger partial charge is 0.478 e. The van der Waals surface area contributed by atoms with Gasteiger partial charge in [-0.1, -0.05) is 20.8 Å². The lowest BCUT2D eigenvalue weighted by molar-refractivity contribution is 0.0369. The van der Waals surface area contributed by atoms with E-state index in [1.807, 2.05) is 0 Å². The predicted molar refractivity (Wildman–Crippen MR) is 75.5 cm³/mol. The van der Waals surface area contributed by atoms with Gasteiger partial charge in [-0.3, -0.25) is 0 Å². The molecule has 1 aliphatic carbocycles. The van der Waals surface area contributed by atoms with E-state index >= 15 is 0 Å². The summed E-state index contributed by atoms with van der Waals surface area (Å²) in [6.45, 7) is 6.76. The van der Waals surface area contributed by atoms with Crippen LogP contribution in [-0.4, -0.2) is 16.2 Å². The van der Waals surface area contributed by atoms with E-state index in [1.54, 1.807) is 0 Å². The van der Waals surface area contributed by atoms with Crippen LogP contribution in [0.25, 0.3) is 0 Å². The number of aromatic carboxylic acids is 1. The van der Waals surface area contributed by atoms with Gasteiger partial charge in [0.1, 0.15) is 17.4 Å². The number of carboxylic acid groups (broad SMARTS) is 1. The molecule has 1 aliphatic rings. The van der Waals surface area contributed by atoms with Crippen molar-refractivity contribution < 1.29 is 19.4 Å². The Labute approximate surface area is 119 Å². The van der Waals surface area contributed by atoms with Crippen molar-refractivity contribution in [3.8, 4) is 0 Å². The number of carboxylic acids is 1. The van der Waals surface area contributed by atoms with Crippen LogP contribution in [0.1, 0.15) is 68.7 Å². The first-order valence-electron chi connectivity index (χ1n) is 7.29. The highest BCUT2D eigenvalue weighted by atomic mass is 16.4. The van der Waals surface area contributed by atoms with Crippen molar-refractivity contribution >= 4 is 5.97 Å². The summed E-state index contributed by atoms with van der Waals surface area (Å²) in [5, 5.41) is 19.5. The number of rotatable bonds is 3. The normalized spacial score (nSPS) is 25.4. The summed E-state index contributed by atoms with van der Waals surface area (Å²) in [6.07, 6.45) is 4.52. The van der Waals surface area contributed by atoms with E-state index in [-0.39, 0.29) is 17.2 Å². The number of hydrogen-bond acceptors (Lipinski definition) is 3. The van der Waals surface area contributed by atoms with Crippen LogP contribution < -0.4 is 0 Å². The van der Waals surface area contributed by atoms with Gasteiger partial charge in [0.2, 0.25) is 0 Å². The Kier molecular flexibility index (Phi) is 4.23. The molecule has 1 unspecified atom stereocenters. The minimum Gasteiger partial charge on any atom is -0.478 e. The van der Waals surface area contributed by atoms with Crippen LogP contribution in [0.3, 0.4) is 0 Å². The Morgan fingerprint density at radius 2 is 1.90 bits per heavy atom. The van der Waals surface area contributed by atoms with Crippen LogP contribution in [0.15, 0.2) is 16.7 Å². The zero-order chi connectivity index (χ0) is 14.9. The van der Waals surface area contributed by atoms with Crippen LogP contribution in [0.2, 0.25) is 0 Å². The van der Waals surface area contributed by atoms with Gasteiger partial charge in [0, 0.05) is 0 Å². The van der Waals surface area contributed by atoms with Crippen molar-refractivity contribution in [1.82, 2.24) is 0 Å². The number of hydrogen-bond donors (Lipinski definition) is 2.